The van der Waals surface area contributed by atoms with Gasteiger partial charge in [0.2, 0.25) is 12.7 Å². The third-order valence-electron chi connectivity index (χ3n) is 4.41. The molecule has 0 bridgehead atoms. The van der Waals surface area contributed by atoms with Gasteiger partial charge in [-0.25, -0.2) is 13.4 Å². The zero-order valence-corrected chi connectivity index (χ0v) is 18.1. The average Bonchev–Trinajstić information content (AvgIpc) is 3.41. The average molecular weight is 462 g/mol. The number of fused-ring (bicyclic) bond motifs is 1. The molecule has 3 aromatic rings. The molecule has 0 fully saturated rings. The fourth-order valence-electron chi connectivity index (χ4n) is 2.84. The number of rotatable bonds is 8. The molecule has 2 aromatic carbocycles. The highest BCUT2D eigenvalue weighted by Crippen LogP contribution is 2.34. The first-order valence-electron chi connectivity index (χ1n) is 9.24. The number of thiazole rings is 1. The number of nitrogens with zero attached hydrogens (tertiary/aromatic N) is 1. The van der Waals surface area contributed by atoms with Gasteiger partial charge in [0.25, 0.3) is 10.0 Å². The number of carbonyl (C=O) groups excluding carboxylic acids is 1. The summed E-state index contributed by atoms with van der Waals surface area (Å²) < 4.78 is 43.0. The number of hydrogen-bond acceptors (Lipinski definition) is 8. The van der Waals surface area contributed by atoms with Crippen molar-refractivity contribution in [2.24, 2.45) is 0 Å². The Morgan fingerprint density at radius 3 is 2.71 bits per heavy atom. The van der Waals surface area contributed by atoms with E-state index in [4.69, 9.17) is 14.2 Å². The van der Waals surface area contributed by atoms with E-state index in [1.165, 1.54) is 19.2 Å². The normalized spacial score (nSPS) is 12.4. The standard InChI is InChI=1S/C20H19N3O6S2/c1-27-15-4-6-16(7-5-15)31(25,26)23-20-22-14(11-30-20)3-9-19(24)21-13-2-8-17-18(10-13)29-12-28-17/h2,4-8,10-11H,3,9,12H2,1H3,(H,21,24)(H,22,23). The highest BCUT2D eigenvalue weighted by atomic mass is 32.2. The molecule has 1 amide bonds. The minimum atomic E-state index is -3.76. The van der Waals surface area contributed by atoms with Crippen LogP contribution in [0.25, 0.3) is 0 Å². The maximum absolute atomic E-state index is 12.5. The minimum Gasteiger partial charge on any atom is -0.497 e. The zero-order valence-electron chi connectivity index (χ0n) is 16.5. The van der Waals surface area contributed by atoms with Crippen LogP contribution in [0, 0.1) is 0 Å². The second-order valence-corrected chi connectivity index (χ2v) is 9.08. The van der Waals surface area contributed by atoms with Gasteiger partial charge in [-0.1, -0.05) is 0 Å². The number of carbonyl (C=O) groups is 1. The number of aromatic nitrogens is 1. The van der Waals surface area contributed by atoms with E-state index in [1.807, 2.05) is 0 Å². The van der Waals surface area contributed by atoms with Crippen molar-refractivity contribution in [2.75, 3.05) is 23.9 Å². The van der Waals surface area contributed by atoms with Gasteiger partial charge >= 0.3 is 0 Å². The van der Waals surface area contributed by atoms with Crippen LogP contribution < -0.4 is 24.2 Å². The number of aryl methyl sites for hydroxylation is 1. The van der Waals surface area contributed by atoms with Gasteiger partial charge in [-0.05, 0) is 42.8 Å². The predicted octanol–water partition coefficient (Wildman–Crippen LogP) is 3.25. The molecule has 0 atom stereocenters. The molecule has 0 saturated carbocycles. The molecule has 9 nitrogen and oxygen atoms in total. The minimum absolute atomic E-state index is 0.105. The summed E-state index contributed by atoms with van der Waals surface area (Å²) in [5.41, 5.74) is 1.23. The van der Waals surface area contributed by atoms with E-state index in [0.29, 0.717) is 35.1 Å². The molecule has 1 aliphatic heterocycles. The van der Waals surface area contributed by atoms with Crippen LogP contribution in [0.1, 0.15) is 12.1 Å². The van der Waals surface area contributed by atoms with E-state index in [2.05, 4.69) is 15.0 Å². The molecule has 11 heteroatoms. The predicted molar refractivity (Wildman–Crippen MR) is 115 cm³/mol. The molecular weight excluding hydrogens is 442 g/mol. The van der Waals surface area contributed by atoms with Crippen molar-refractivity contribution < 1.29 is 27.4 Å². The number of nitrogens with one attached hydrogen (secondary N) is 2. The van der Waals surface area contributed by atoms with Gasteiger partial charge in [0, 0.05) is 23.6 Å². The maximum atomic E-state index is 12.5. The van der Waals surface area contributed by atoms with E-state index in [9.17, 15) is 13.2 Å². The highest BCUT2D eigenvalue weighted by Gasteiger charge is 2.17. The molecule has 0 saturated heterocycles. The summed E-state index contributed by atoms with van der Waals surface area (Å²) >= 11 is 1.16. The van der Waals surface area contributed by atoms with Crippen molar-refractivity contribution in [2.45, 2.75) is 17.7 Å². The Kier molecular flexibility index (Phi) is 5.96. The van der Waals surface area contributed by atoms with Crippen LogP contribution in [0.3, 0.4) is 0 Å². The Balaban J connectivity index is 1.31. The third-order valence-corrected chi connectivity index (χ3v) is 6.70. The molecule has 162 valence electrons. The Bertz CT molecular complexity index is 1190. The number of benzene rings is 2. The number of sulfonamides is 1. The summed E-state index contributed by atoms with van der Waals surface area (Å²) in [6.07, 6.45) is 0.569. The molecule has 0 aliphatic carbocycles. The molecule has 0 radical (unpaired) electrons. The van der Waals surface area contributed by atoms with Gasteiger partial charge in [-0.2, -0.15) is 0 Å². The van der Waals surface area contributed by atoms with Crippen molar-refractivity contribution in [3.8, 4) is 17.2 Å². The molecule has 2 heterocycles. The lowest BCUT2D eigenvalue weighted by molar-refractivity contribution is -0.116. The van der Waals surface area contributed by atoms with Crippen LogP contribution in [0.2, 0.25) is 0 Å². The molecule has 4 rings (SSSR count). The molecule has 1 aliphatic rings. The van der Waals surface area contributed by atoms with Crippen LogP contribution in [-0.4, -0.2) is 33.2 Å². The van der Waals surface area contributed by atoms with Crippen molar-refractivity contribution in [3.05, 3.63) is 53.5 Å². The number of ether oxygens (including phenoxy) is 3. The van der Waals surface area contributed by atoms with Crippen molar-refractivity contribution in [1.82, 2.24) is 4.98 Å². The quantitative estimate of drug-likeness (QED) is 0.529. The Hall–Kier alpha value is -3.31. The molecule has 31 heavy (non-hydrogen) atoms. The summed E-state index contributed by atoms with van der Waals surface area (Å²) in [4.78, 5) is 16.6. The molecular formula is C20H19N3O6S2. The summed E-state index contributed by atoms with van der Waals surface area (Å²) in [5.74, 6) is 1.61. The third kappa shape index (κ3) is 5.06. The number of methoxy groups -OCH3 is 1. The largest absolute Gasteiger partial charge is 0.497 e. The lowest BCUT2D eigenvalue weighted by atomic mass is 10.2. The van der Waals surface area contributed by atoms with Crippen LogP contribution in [0.15, 0.2) is 52.7 Å². The van der Waals surface area contributed by atoms with E-state index < -0.39 is 10.0 Å². The van der Waals surface area contributed by atoms with Gasteiger partial charge in [0.1, 0.15) is 5.75 Å². The van der Waals surface area contributed by atoms with Gasteiger partial charge in [0.15, 0.2) is 16.6 Å². The van der Waals surface area contributed by atoms with Crippen LogP contribution >= 0.6 is 11.3 Å². The Morgan fingerprint density at radius 2 is 1.94 bits per heavy atom. The topological polar surface area (TPSA) is 116 Å². The monoisotopic (exact) mass is 461 g/mol. The second kappa shape index (κ2) is 8.82. The first-order chi connectivity index (χ1) is 14.9. The van der Waals surface area contributed by atoms with Crippen molar-refractivity contribution in [3.63, 3.8) is 0 Å². The number of hydrogen-bond donors (Lipinski definition) is 2. The van der Waals surface area contributed by atoms with E-state index in [1.54, 1.807) is 35.7 Å². The summed E-state index contributed by atoms with van der Waals surface area (Å²) in [7, 11) is -2.25. The van der Waals surface area contributed by atoms with Crippen molar-refractivity contribution >= 4 is 38.1 Å². The summed E-state index contributed by atoms with van der Waals surface area (Å²) in [6.45, 7) is 0.168. The number of amides is 1. The van der Waals surface area contributed by atoms with E-state index in [-0.39, 0.29) is 29.1 Å². The smallest absolute Gasteiger partial charge is 0.263 e. The van der Waals surface area contributed by atoms with Crippen LogP contribution in [-0.2, 0) is 21.2 Å². The SMILES string of the molecule is COc1ccc(S(=O)(=O)Nc2nc(CCC(=O)Nc3ccc4c(c3)OCO4)cs2)cc1. The first kappa shape index (κ1) is 20.9. The highest BCUT2D eigenvalue weighted by molar-refractivity contribution is 7.93. The van der Waals surface area contributed by atoms with Gasteiger partial charge < -0.3 is 19.5 Å². The lowest BCUT2D eigenvalue weighted by Crippen LogP contribution is -2.13. The van der Waals surface area contributed by atoms with E-state index in [0.717, 1.165) is 11.3 Å². The summed E-state index contributed by atoms with van der Waals surface area (Å²) in [5, 5.41) is 4.76. The lowest BCUT2D eigenvalue weighted by Gasteiger charge is -2.06. The number of anilines is 2. The first-order valence-corrected chi connectivity index (χ1v) is 11.6. The van der Waals surface area contributed by atoms with Gasteiger partial charge in [-0.3, -0.25) is 9.52 Å². The van der Waals surface area contributed by atoms with Gasteiger partial charge in [-0.15, -0.1) is 11.3 Å². The van der Waals surface area contributed by atoms with Crippen LogP contribution in [0.5, 0.6) is 17.2 Å². The Labute approximate surface area is 183 Å². The Morgan fingerprint density at radius 1 is 1.16 bits per heavy atom. The summed E-state index contributed by atoms with van der Waals surface area (Å²) in [6, 6.07) is 11.2. The van der Waals surface area contributed by atoms with Crippen LogP contribution in [0.4, 0.5) is 10.8 Å². The molecule has 0 spiro atoms. The van der Waals surface area contributed by atoms with Gasteiger partial charge in [0.05, 0.1) is 17.7 Å². The fraction of sp³-hybridized carbons (Fsp3) is 0.200. The molecule has 2 N–H and O–H groups in total. The van der Waals surface area contributed by atoms with Crippen molar-refractivity contribution in [1.29, 1.82) is 0 Å². The molecule has 0 unspecified atom stereocenters. The zero-order chi connectivity index (χ0) is 21.8. The van der Waals surface area contributed by atoms with E-state index >= 15 is 0 Å². The molecule has 1 aromatic heterocycles. The maximum Gasteiger partial charge on any atom is 0.263 e. The fourth-order valence-corrected chi connectivity index (χ4v) is 4.83. The second-order valence-electron chi connectivity index (χ2n) is 6.54.